The molecule has 1 saturated carbocycles. The molecular formula is C19H27NO2. The number of amides is 1. The van der Waals surface area contributed by atoms with Crippen LogP contribution in [-0.2, 0) is 9.53 Å². The number of likely N-dealkylation sites (tertiary alicyclic amines) is 1. The van der Waals surface area contributed by atoms with Crippen LogP contribution in [0.4, 0.5) is 0 Å². The molecule has 3 rings (SSSR count). The normalized spacial score (nSPS) is 25.5. The second-order valence-electron chi connectivity index (χ2n) is 7.11. The topological polar surface area (TPSA) is 29.5 Å². The molecule has 0 aromatic heterocycles. The summed E-state index contributed by atoms with van der Waals surface area (Å²) >= 11 is 0. The van der Waals surface area contributed by atoms with Crippen molar-refractivity contribution in [2.24, 2.45) is 11.8 Å². The summed E-state index contributed by atoms with van der Waals surface area (Å²) in [5.41, 5.74) is 1.32. The van der Waals surface area contributed by atoms with Crippen LogP contribution in [0.3, 0.4) is 0 Å². The van der Waals surface area contributed by atoms with Crippen LogP contribution < -0.4 is 0 Å². The van der Waals surface area contributed by atoms with E-state index >= 15 is 0 Å². The lowest BCUT2D eigenvalue weighted by Gasteiger charge is -2.32. The Bertz CT molecular complexity index is 491. The maximum absolute atomic E-state index is 12.6. The summed E-state index contributed by atoms with van der Waals surface area (Å²) in [5.74, 6) is 1.60. The van der Waals surface area contributed by atoms with Crippen LogP contribution in [0.5, 0.6) is 0 Å². The molecule has 120 valence electrons. The summed E-state index contributed by atoms with van der Waals surface area (Å²) in [5, 5.41) is 0. The molecule has 1 heterocycles. The smallest absolute Gasteiger partial charge is 0.226 e. The van der Waals surface area contributed by atoms with Gasteiger partial charge in [0.1, 0.15) is 0 Å². The molecule has 0 N–H and O–H groups in total. The van der Waals surface area contributed by atoms with Crippen molar-refractivity contribution in [3.05, 3.63) is 35.9 Å². The van der Waals surface area contributed by atoms with Crippen LogP contribution in [-0.4, -0.2) is 36.6 Å². The minimum absolute atomic E-state index is 0.218. The minimum Gasteiger partial charge on any atom is -0.378 e. The lowest BCUT2D eigenvalue weighted by Crippen LogP contribution is -2.42. The van der Waals surface area contributed by atoms with Gasteiger partial charge in [-0.1, -0.05) is 44.2 Å². The highest BCUT2D eigenvalue weighted by atomic mass is 16.5. The van der Waals surface area contributed by atoms with Crippen molar-refractivity contribution in [2.75, 3.05) is 19.7 Å². The molecule has 3 heteroatoms. The number of carbonyl (C=O) groups is 1. The summed E-state index contributed by atoms with van der Waals surface area (Å²) in [6.07, 6.45) is 3.34. The first kappa shape index (κ1) is 15.5. The fraction of sp³-hybridized carbons (Fsp3) is 0.632. The maximum Gasteiger partial charge on any atom is 0.226 e. The predicted octanol–water partition coefficient (Wildman–Crippen LogP) is 3.45. The van der Waals surface area contributed by atoms with Gasteiger partial charge in [-0.2, -0.15) is 0 Å². The van der Waals surface area contributed by atoms with Crippen LogP contribution >= 0.6 is 0 Å². The van der Waals surface area contributed by atoms with Crippen LogP contribution in [0.1, 0.15) is 44.6 Å². The van der Waals surface area contributed by atoms with E-state index < -0.39 is 0 Å². The third-order valence-corrected chi connectivity index (χ3v) is 4.75. The molecule has 1 aromatic carbocycles. The highest BCUT2D eigenvalue weighted by Gasteiger charge is 2.46. The number of hydrogen-bond donors (Lipinski definition) is 0. The Morgan fingerprint density at radius 1 is 1.23 bits per heavy atom. The molecule has 1 aliphatic carbocycles. The largest absolute Gasteiger partial charge is 0.378 e. The fourth-order valence-corrected chi connectivity index (χ4v) is 3.34. The number of carbonyl (C=O) groups excluding carboxylic acids is 1. The number of benzene rings is 1. The zero-order valence-corrected chi connectivity index (χ0v) is 13.7. The molecule has 3 nitrogen and oxygen atoms in total. The average Bonchev–Trinajstić information content (AvgIpc) is 3.34. The predicted molar refractivity (Wildman–Crippen MR) is 87.7 cm³/mol. The molecule has 2 aliphatic rings. The van der Waals surface area contributed by atoms with Gasteiger partial charge < -0.3 is 9.64 Å². The Labute approximate surface area is 133 Å². The second-order valence-corrected chi connectivity index (χ2v) is 7.11. The van der Waals surface area contributed by atoms with E-state index in [1.165, 1.54) is 5.56 Å². The Balaban J connectivity index is 1.45. The van der Waals surface area contributed by atoms with Gasteiger partial charge in [0.15, 0.2) is 0 Å². The van der Waals surface area contributed by atoms with E-state index in [1.807, 2.05) is 6.07 Å². The molecule has 1 amide bonds. The number of piperidine rings is 1. The number of rotatable bonds is 5. The average molecular weight is 301 g/mol. The first-order chi connectivity index (χ1) is 10.6. The van der Waals surface area contributed by atoms with Gasteiger partial charge in [-0.25, -0.2) is 0 Å². The summed E-state index contributed by atoms with van der Waals surface area (Å²) < 4.78 is 5.90. The molecule has 2 fully saturated rings. The van der Waals surface area contributed by atoms with Crippen molar-refractivity contribution in [3.8, 4) is 0 Å². The minimum atomic E-state index is 0.218. The van der Waals surface area contributed by atoms with Crippen molar-refractivity contribution >= 4 is 5.91 Å². The van der Waals surface area contributed by atoms with Gasteiger partial charge in [0.05, 0.1) is 6.10 Å². The van der Waals surface area contributed by atoms with Crippen molar-refractivity contribution in [1.82, 2.24) is 4.90 Å². The van der Waals surface area contributed by atoms with Gasteiger partial charge in [0, 0.05) is 25.6 Å². The highest BCUT2D eigenvalue weighted by molar-refractivity contribution is 5.83. The summed E-state index contributed by atoms with van der Waals surface area (Å²) in [6, 6.07) is 10.4. The van der Waals surface area contributed by atoms with Crippen LogP contribution in [0, 0.1) is 11.8 Å². The zero-order valence-electron chi connectivity index (χ0n) is 13.7. The Morgan fingerprint density at radius 3 is 2.55 bits per heavy atom. The summed E-state index contributed by atoms with van der Waals surface area (Å²) in [6.45, 7) is 6.90. The first-order valence-electron chi connectivity index (χ1n) is 8.60. The quantitative estimate of drug-likeness (QED) is 0.833. The molecule has 1 saturated heterocycles. The van der Waals surface area contributed by atoms with E-state index in [9.17, 15) is 4.79 Å². The molecule has 0 spiro atoms. The number of nitrogens with zero attached hydrogens (tertiary/aromatic N) is 1. The Hall–Kier alpha value is -1.35. The first-order valence-corrected chi connectivity index (χ1v) is 8.60. The third-order valence-electron chi connectivity index (χ3n) is 4.75. The van der Waals surface area contributed by atoms with E-state index in [0.717, 1.165) is 39.0 Å². The molecule has 2 atom stereocenters. The van der Waals surface area contributed by atoms with Crippen LogP contribution in [0.2, 0.25) is 0 Å². The maximum atomic E-state index is 12.6. The number of ether oxygens (including phenoxy) is 1. The number of hydrogen-bond acceptors (Lipinski definition) is 2. The lowest BCUT2D eigenvalue weighted by atomic mass is 10.1. The van der Waals surface area contributed by atoms with E-state index in [0.29, 0.717) is 23.8 Å². The Morgan fingerprint density at radius 2 is 1.91 bits per heavy atom. The van der Waals surface area contributed by atoms with Gasteiger partial charge in [-0.3, -0.25) is 4.79 Å². The van der Waals surface area contributed by atoms with E-state index in [-0.39, 0.29) is 5.92 Å². The summed E-state index contributed by atoms with van der Waals surface area (Å²) in [4.78, 5) is 14.7. The van der Waals surface area contributed by atoms with Crippen molar-refractivity contribution in [1.29, 1.82) is 0 Å². The van der Waals surface area contributed by atoms with Gasteiger partial charge >= 0.3 is 0 Å². The molecule has 0 unspecified atom stereocenters. The SMILES string of the molecule is CC(C)COC1CCN(C(=O)[C@H]2C[C@@H]2c2ccccc2)CC1. The van der Waals surface area contributed by atoms with E-state index in [4.69, 9.17) is 4.74 Å². The van der Waals surface area contributed by atoms with Gasteiger partial charge in [0.25, 0.3) is 0 Å². The monoisotopic (exact) mass is 301 g/mol. The molecule has 0 radical (unpaired) electrons. The van der Waals surface area contributed by atoms with Gasteiger partial charge in [-0.15, -0.1) is 0 Å². The second kappa shape index (κ2) is 6.82. The van der Waals surface area contributed by atoms with Crippen molar-refractivity contribution < 1.29 is 9.53 Å². The molecule has 0 bridgehead atoms. The van der Waals surface area contributed by atoms with Crippen molar-refractivity contribution in [2.45, 2.75) is 45.1 Å². The third kappa shape index (κ3) is 3.70. The van der Waals surface area contributed by atoms with Gasteiger partial charge in [0.2, 0.25) is 5.91 Å². The fourth-order valence-electron chi connectivity index (χ4n) is 3.34. The molecule has 22 heavy (non-hydrogen) atoms. The van der Waals surface area contributed by atoms with E-state index in [2.05, 4.69) is 43.0 Å². The van der Waals surface area contributed by atoms with Crippen LogP contribution in [0.25, 0.3) is 0 Å². The zero-order chi connectivity index (χ0) is 15.5. The lowest BCUT2D eigenvalue weighted by molar-refractivity contribution is -0.135. The summed E-state index contributed by atoms with van der Waals surface area (Å²) in [7, 11) is 0. The van der Waals surface area contributed by atoms with E-state index in [1.54, 1.807) is 0 Å². The molecular weight excluding hydrogens is 274 g/mol. The molecule has 1 aromatic rings. The van der Waals surface area contributed by atoms with Crippen LogP contribution in [0.15, 0.2) is 30.3 Å². The van der Waals surface area contributed by atoms with Crippen molar-refractivity contribution in [3.63, 3.8) is 0 Å². The van der Waals surface area contributed by atoms with Gasteiger partial charge in [-0.05, 0) is 36.7 Å². The molecule has 1 aliphatic heterocycles. The Kier molecular flexibility index (Phi) is 4.82. The standard InChI is InChI=1S/C19H27NO2/c1-14(2)13-22-16-8-10-20(11-9-16)19(21)18-12-17(18)15-6-4-3-5-7-15/h3-7,14,16-18H,8-13H2,1-2H3/t17-,18+/m1/s1. The highest BCUT2D eigenvalue weighted by Crippen LogP contribution is 2.48.